The Kier molecular flexibility index (Phi) is 6.47. The van der Waals surface area contributed by atoms with Crippen molar-refractivity contribution in [2.75, 3.05) is 32.5 Å². The molecule has 6 nitrogen and oxygen atoms in total. The number of sulfonamides is 1. The van der Waals surface area contributed by atoms with E-state index in [9.17, 15) is 13.2 Å². The Morgan fingerprint density at radius 2 is 1.86 bits per heavy atom. The number of benzene rings is 1. The minimum absolute atomic E-state index is 0.0724. The second-order valence-corrected chi connectivity index (χ2v) is 10.7. The van der Waals surface area contributed by atoms with Gasteiger partial charge in [-0.25, -0.2) is 12.7 Å². The quantitative estimate of drug-likeness (QED) is 0.814. The fourth-order valence-corrected chi connectivity index (χ4v) is 5.42. The van der Waals surface area contributed by atoms with Gasteiger partial charge < -0.3 is 5.32 Å². The van der Waals surface area contributed by atoms with Crippen molar-refractivity contribution in [3.05, 3.63) is 23.8 Å². The summed E-state index contributed by atoms with van der Waals surface area (Å²) in [6.07, 6.45) is 6.45. The van der Waals surface area contributed by atoms with Gasteiger partial charge in [0, 0.05) is 26.3 Å². The average Bonchev–Trinajstić information content (AvgIpc) is 2.68. The third-order valence-corrected chi connectivity index (χ3v) is 8.31. The van der Waals surface area contributed by atoms with Gasteiger partial charge in [0.1, 0.15) is 0 Å². The molecule has 1 aliphatic heterocycles. The molecule has 1 saturated carbocycles. The molecule has 2 fully saturated rings. The molecule has 0 radical (unpaired) electrons. The second kappa shape index (κ2) is 8.51. The Morgan fingerprint density at radius 1 is 1.18 bits per heavy atom. The Balaban J connectivity index is 1.70. The lowest BCUT2D eigenvalue weighted by molar-refractivity contribution is -0.122. The monoisotopic (exact) mass is 407 g/mol. The highest BCUT2D eigenvalue weighted by atomic mass is 32.2. The highest BCUT2D eigenvalue weighted by Crippen LogP contribution is 2.36. The number of anilines is 1. The summed E-state index contributed by atoms with van der Waals surface area (Å²) < 4.78 is 26.0. The molecule has 0 spiro atoms. The molecule has 156 valence electrons. The third kappa shape index (κ3) is 4.42. The molecule has 3 rings (SSSR count). The van der Waals surface area contributed by atoms with E-state index in [1.807, 2.05) is 13.8 Å². The number of aryl methyl sites for hydroxylation is 1. The van der Waals surface area contributed by atoms with Crippen LogP contribution in [0, 0.1) is 18.8 Å². The van der Waals surface area contributed by atoms with E-state index in [1.165, 1.54) is 50.5 Å². The number of likely N-dealkylation sites (tertiary alicyclic amines) is 1. The highest BCUT2D eigenvalue weighted by molar-refractivity contribution is 7.89. The van der Waals surface area contributed by atoms with Crippen molar-refractivity contribution in [2.24, 2.45) is 11.8 Å². The van der Waals surface area contributed by atoms with Crippen molar-refractivity contribution in [1.82, 2.24) is 9.21 Å². The fourth-order valence-electron chi connectivity index (χ4n) is 4.49. The lowest BCUT2D eigenvalue weighted by Crippen LogP contribution is -2.50. The van der Waals surface area contributed by atoms with Crippen LogP contribution in [0.1, 0.15) is 44.6 Å². The molecule has 3 atom stereocenters. The van der Waals surface area contributed by atoms with E-state index in [-0.39, 0.29) is 16.8 Å². The van der Waals surface area contributed by atoms with E-state index >= 15 is 0 Å². The van der Waals surface area contributed by atoms with Gasteiger partial charge in [-0.05, 0) is 62.8 Å². The first-order valence-corrected chi connectivity index (χ1v) is 11.7. The summed E-state index contributed by atoms with van der Waals surface area (Å²) in [5.41, 5.74) is 1.41. The van der Waals surface area contributed by atoms with E-state index < -0.39 is 10.0 Å². The zero-order chi connectivity index (χ0) is 20.5. The summed E-state index contributed by atoms with van der Waals surface area (Å²) in [7, 11) is -0.526. The van der Waals surface area contributed by atoms with Crippen molar-refractivity contribution in [1.29, 1.82) is 0 Å². The summed E-state index contributed by atoms with van der Waals surface area (Å²) in [5, 5.41) is 2.97. The van der Waals surface area contributed by atoms with Gasteiger partial charge in [0.25, 0.3) is 0 Å². The molecule has 7 heteroatoms. The lowest BCUT2D eigenvalue weighted by atomic mass is 9.75. The zero-order valence-electron chi connectivity index (χ0n) is 17.4. The van der Waals surface area contributed by atoms with Crippen molar-refractivity contribution in [3.63, 3.8) is 0 Å². The SMILES string of the molecule is Cc1ccc(S(=O)(=O)N(C)C)cc1NC(=O)C(C)N1CCC2CCCCC2C1. The molecule has 2 aliphatic rings. The molecule has 1 amide bonds. The molecular formula is C21H33N3O3S. The van der Waals surface area contributed by atoms with Gasteiger partial charge in [-0.2, -0.15) is 0 Å². The molecule has 1 N–H and O–H groups in total. The van der Waals surface area contributed by atoms with Gasteiger partial charge in [0.05, 0.1) is 10.9 Å². The van der Waals surface area contributed by atoms with Gasteiger partial charge in [-0.15, -0.1) is 0 Å². The van der Waals surface area contributed by atoms with Crippen LogP contribution in [0.4, 0.5) is 5.69 Å². The minimum atomic E-state index is -3.53. The standard InChI is InChI=1S/C21H33N3O3S/c1-15-9-10-19(28(26,27)23(3)4)13-20(15)22-21(25)16(2)24-12-11-17-7-5-6-8-18(17)14-24/h9-10,13,16-18H,5-8,11-12,14H2,1-4H3,(H,22,25). The van der Waals surface area contributed by atoms with Crippen molar-refractivity contribution < 1.29 is 13.2 Å². The molecule has 1 heterocycles. The number of piperidine rings is 1. The number of carbonyl (C=O) groups excluding carboxylic acids is 1. The van der Waals surface area contributed by atoms with E-state index in [2.05, 4.69) is 10.2 Å². The van der Waals surface area contributed by atoms with Crippen LogP contribution in [0.15, 0.2) is 23.1 Å². The van der Waals surface area contributed by atoms with Gasteiger partial charge >= 0.3 is 0 Å². The van der Waals surface area contributed by atoms with E-state index in [4.69, 9.17) is 0 Å². The summed E-state index contributed by atoms with van der Waals surface area (Å²) in [6.45, 7) is 5.78. The first kappa shape index (κ1) is 21.3. The Morgan fingerprint density at radius 3 is 2.54 bits per heavy atom. The van der Waals surface area contributed by atoms with Crippen LogP contribution in [0.3, 0.4) is 0 Å². The van der Waals surface area contributed by atoms with E-state index in [0.29, 0.717) is 11.6 Å². The van der Waals surface area contributed by atoms with Crippen LogP contribution in [0.2, 0.25) is 0 Å². The first-order valence-electron chi connectivity index (χ1n) is 10.3. The minimum Gasteiger partial charge on any atom is -0.324 e. The molecule has 1 aliphatic carbocycles. The number of nitrogens with zero attached hydrogens (tertiary/aromatic N) is 2. The third-order valence-electron chi connectivity index (χ3n) is 6.50. The highest BCUT2D eigenvalue weighted by Gasteiger charge is 2.34. The molecule has 1 aromatic rings. The summed E-state index contributed by atoms with van der Waals surface area (Å²) >= 11 is 0. The van der Waals surface area contributed by atoms with Crippen LogP contribution in [-0.4, -0.2) is 56.8 Å². The van der Waals surface area contributed by atoms with Gasteiger partial charge in [0.2, 0.25) is 15.9 Å². The number of hydrogen-bond acceptors (Lipinski definition) is 4. The van der Waals surface area contributed by atoms with Crippen molar-refractivity contribution in [2.45, 2.75) is 56.9 Å². The van der Waals surface area contributed by atoms with E-state index in [1.54, 1.807) is 18.2 Å². The first-order chi connectivity index (χ1) is 13.2. The summed E-state index contributed by atoms with van der Waals surface area (Å²) in [5.74, 6) is 1.47. The Labute approximate surface area is 169 Å². The largest absolute Gasteiger partial charge is 0.324 e. The smallest absolute Gasteiger partial charge is 0.242 e. The second-order valence-electron chi connectivity index (χ2n) is 8.52. The maximum atomic E-state index is 12.9. The fraction of sp³-hybridized carbons (Fsp3) is 0.667. The number of amides is 1. The zero-order valence-corrected chi connectivity index (χ0v) is 18.3. The van der Waals surface area contributed by atoms with Crippen LogP contribution in [0.25, 0.3) is 0 Å². The normalized spacial score (nSPS) is 24.6. The number of rotatable bonds is 5. The molecule has 28 heavy (non-hydrogen) atoms. The summed E-state index contributed by atoms with van der Waals surface area (Å²) in [6, 6.07) is 4.65. The topological polar surface area (TPSA) is 69.7 Å². The Bertz CT molecular complexity index is 822. The van der Waals surface area contributed by atoms with Crippen LogP contribution < -0.4 is 5.32 Å². The molecule has 1 aromatic carbocycles. The maximum Gasteiger partial charge on any atom is 0.242 e. The number of hydrogen-bond donors (Lipinski definition) is 1. The van der Waals surface area contributed by atoms with Crippen LogP contribution >= 0.6 is 0 Å². The molecule has 3 unspecified atom stereocenters. The maximum absolute atomic E-state index is 12.9. The predicted octanol–water partition coefficient (Wildman–Crippen LogP) is 3.08. The Hall–Kier alpha value is -1.44. The molecule has 0 aromatic heterocycles. The number of carbonyl (C=O) groups is 1. The average molecular weight is 408 g/mol. The van der Waals surface area contributed by atoms with Crippen molar-refractivity contribution >= 4 is 21.6 Å². The van der Waals surface area contributed by atoms with E-state index in [0.717, 1.165) is 24.6 Å². The van der Waals surface area contributed by atoms with Crippen LogP contribution in [0.5, 0.6) is 0 Å². The van der Waals surface area contributed by atoms with Gasteiger partial charge in [-0.1, -0.05) is 25.3 Å². The summed E-state index contributed by atoms with van der Waals surface area (Å²) in [4.78, 5) is 15.4. The molecule has 1 saturated heterocycles. The van der Waals surface area contributed by atoms with Gasteiger partial charge in [-0.3, -0.25) is 9.69 Å². The molecular weight excluding hydrogens is 374 g/mol. The van der Waals surface area contributed by atoms with Crippen LogP contribution in [-0.2, 0) is 14.8 Å². The predicted molar refractivity (Wildman–Crippen MR) is 112 cm³/mol. The lowest BCUT2D eigenvalue weighted by Gasteiger charge is -2.43. The van der Waals surface area contributed by atoms with Crippen molar-refractivity contribution in [3.8, 4) is 0 Å². The number of nitrogens with one attached hydrogen (secondary N) is 1. The number of fused-ring (bicyclic) bond motifs is 1. The van der Waals surface area contributed by atoms with Gasteiger partial charge in [0.15, 0.2) is 0 Å². The molecule has 0 bridgehead atoms.